The summed E-state index contributed by atoms with van der Waals surface area (Å²) in [6.45, 7) is 3.98. The predicted octanol–water partition coefficient (Wildman–Crippen LogP) is 0.933. The quantitative estimate of drug-likeness (QED) is 0.510. The zero-order valence-corrected chi connectivity index (χ0v) is 14.5. The highest BCUT2D eigenvalue weighted by atomic mass is 32.2. The molecule has 0 amide bonds. The average Bonchev–Trinajstić information content (AvgIpc) is 2.59. The highest BCUT2D eigenvalue weighted by Gasteiger charge is 2.22. The highest BCUT2D eigenvalue weighted by molar-refractivity contribution is 7.94. The van der Waals surface area contributed by atoms with Crippen molar-refractivity contribution in [2.75, 3.05) is 32.2 Å². The van der Waals surface area contributed by atoms with Crippen molar-refractivity contribution >= 4 is 9.84 Å². The van der Waals surface area contributed by atoms with Gasteiger partial charge in [0.05, 0.1) is 44.4 Å². The van der Waals surface area contributed by atoms with Crippen molar-refractivity contribution in [2.45, 2.75) is 25.0 Å². The summed E-state index contributed by atoms with van der Waals surface area (Å²) >= 11 is 0. The molecule has 0 aliphatic rings. The van der Waals surface area contributed by atoms with Gasteiger partial charge in [0, 0.05) is 11.8 Å². The molecule has 0 bridgehead atoms. The van der Waals surface area contributed by atoms with Crippen LogP contribution >= 0.6 is 0 Å². The van der Waals surface area contributed by atoms with Crippen molar-refractivity contribution in [2.24, 2.45) is 0 Å². The van der Waals surface area contributed by atoms with Gasteiger partial charge in [-0.15, -0.1) is 0 Å². The van der Waals surface area contributed by atoms with Gasteiger partial charge in [-0.2, -0.15) is 0 Å². The third-order valence-corrected chi connectivity index (χ3v) is 4.77. The second kappa shape index (κ2) is 11.3. The van der Waals surface area contributed by atoms with Crippen LogP contribution in [-0.2, 0) is 25.7 Å². The summed E-state index contributed by atoms with van der Waals surface area (Å²) in [5, 5.41) is 19.9. The zero-order valence-electron chi connectivity index (χ0n) is 13.7. The molecular formula is C17H26O6S. The van der Waals surface area contributed by atoms with Crippen LogP contribution in [0, 0.1) is 0 Å². The fraction of sp³-hybridized carbons (Fsp3) is 0.529. The van der Waals surface area contributed by atoms with Crippen LogP contribution in [0.3, 0.4) is 0 Å². The van der Waals surface area contributed by atoms with Crippen molar-refractivity contribution in [1.29, 1.82) is 0 Å². The zero-order chi connectivity index (χ0) is 17.8. The first-order chi connectivity index (χ1) is 11.5. The topological polar surface area (TPSA) is 93.1 Å². The average molecular weight is 358 g/mol. The molecule has 0 heterocycles. The number of hydrogen-bond acceptors (Lipinski definition) is 6. The summed E-state index contributed by atoms with van der Waals surface area (Å²) in [7, 11) is -3.36. The van der Waals surface area contributed by atoms with Crippen LogP contribution in [0.1, 0.15) is 12.0 Å². The van der Waals surface area contributed by atoms with Gasteiger partial charge in [0.15, 0.2) is 9.84 Å². The molecule has 0 aliphatic heterocycles. The lowest BCUT2D eigenvalue weighted by atomic mass is 10.0. The monoisotopic (exact) mass is 358 g/mol. The molecule has 0 aromatic heterocycles. The van der Waals surface area contributed by atoms with Crippen molar-refractivity contribution in [3.05, 3.63) is 47.9 Å². The van der Waals surface area contributed by atoms with Gasteiger partial charge >= 0.3 is 0 Å². The molecule has 2 atom stereocenters. The van der Waals surface area contributed by atoms with E-state index in [-0.39, 0.29) is 32.0 Å². The SMILES string of the molecule is C=CS(=O)(=O)CCC(O)C(Cc1ccccc1)OCCOCCO. The van der Waals surface area contributed by atoms with Crippen LogP contribution in [0.25, 0.3) is 0 Å². The third-order valence-electron chi connectivity index (χ3n) is 3.46. The molecular weight excluding hydrogens is 332 g/mol. The van der Waals surface area contributed by atoms with Gasteiger partial charge in [-0.05, 0) is 12.0 Å². The smallest absolute Gasteiger partial charge is 0.171 e. The molecule has 24 heavy (non-hydrogen) atoms. The lowest BCUT2D eigenvalue weighted by Gasteiger charge is -2.23. The van der Waals surface area contributed by atoms with E-state index >= 15 is 0 Å². The molecule has 1 rings (SSSR count). The van der Waals surface area contributed by atoms with Crippen LogP contribution < -0.4 is 0 Å². The second-order valence-electron chi connectivity index (χ2n) is 5.32. The molecule has 0 aliphatic carbocycles. The summed E-state index contributed by atoms with van der Waals surface area (Å²) in [5.74, 6) is -0.173. The number of ether oxygens (including phenoxy) is 2. The summed E-state index contributed by atoms with van der Waals surface area (Å²) in [6.07, 6.45) is -0.914. The van der Waals surface area contributed by atoms with Crippen LogP contribution in [0.2, 0.25) is 0 Å². The van der Waals surface area contributed by atoms with E-state index in [1.807, 2.05) is 30.3 Å². The summed E-state index contributed by atoms with van der Waals surface area (Å²) < 4.78 is 33.8. The normalized spacial score (nSPS) is 14.2. The van der Waals surface area contributed by atoms with Crippen molar-refractivity contribution in [1.82, 2.24) is 0 Å². The Kier molecular flexibility index (Phi) is 9.82. The number of sulfone groups is 1. The number of rotatable bonds is 13. The second-order valence-corrected chi connectivity index (χ2v) is 7.39. The first-order valence-corrected chi connectivity index (χ1v) is 9.57. The fourth-order valence-electron chi connectivity index (χ4n) is 2.13. The van der Waals surface area contributed by atoms with Gasteiger partial charge in [0.25, 0.3) is 0 Å². The molecule has 0 spiro atoms. The van der Waals surface area contributed by atoms with Crippen LogP contribution in [0.15, 0.2) is 42.3 Å². The minimum absolute atomic E-state index is 0.0600. The maximum absolute atomic E-state index is 11.5. The molecule has 0 saturated heterocycles. The largest absolute Gasteiger partial charge is 0.394 e. The third kappa shape index (κ3) is 8.56. The molecule has 1 aromatic carbocycles. The highest BCUT2D eigenvalue weighted by Crippen LogP contribution is 2.13. The molecule has 7 heteroatoms. The van der Waals surface area contributed by atoms with Gasteiger partial charge in [-0.3, -0.25) is 0 Å². The molecule has 136 valence electrons. The van der Waals surface area contributed by atoms with E-state index in [1.165, 1.54) is 0 Å². The Hall–Kier alpha value is -1.25. The van der Waals surface area contributed by atoms with Gasteiger partial charge in [0.2, 0.25) is 0 Å². The van der Waals surface area contributed by atoms with Crippen molar-refractivity contribution in [3.63, 3.8) is 0 Å². The minimum Gasteiger partial charge on any atom is -0.394 e. The Morgan fingerprint density at radius 2 is 1.88 bits per heavy atom. The number of aliphatic hydroxyl groups excluding tert-OH is 2. The van der Waals surface area contributed by atoms with E-state index in [0.29, 0.717) is 13.0 Å². The Bertz CT molecular complexity index is 558. The molecule has 6 nitrogen and oxygen atoms in total. The van der Waals surface area contributed by atoms with Gasteiger partial charge in [-0.1, -0.05) is 36.9 Å². The minimum atomic E-state index is -3.36. The lowest BCUT2D eigenvalue weighted by molar-refractivity contribution is -0.0581. The van der Waals surface area contributed by atoms with Crippen molar-refractivity contribution < 1.29 is 28.1 Å². The maximum Gasteiger partial charge on any atom is 0.171 e. The summed E-state index contributed by atoms with van der Waals surface area (Å²) in [6, 6.07) is 9.53. The van der Waals surface area contributed by atoms with Gasteiger partial charge in [0.1, 0.15) is 0 Å². The molecule has 1 aromatic rings. The van der Waals surface area contributed by atoms with E-state index in [0.717, 1.165) is 11.0 Å². The summed E-state index contributed by atoms with van der Waals surface area (Å²) in [4.78, 5) is 0. The molecule has 0 saturated carbocycles. The number of hydrogen-bond donors (Lipinski definition) is 2. The number of benzene rings is 1. The first kappa shape index (κ1) is 20.8. The predicted molar refractivity (Wildman–Crippen MR) is 92.4 cm³/mol. The Morgan fingerprint density at radius 1 is 1.17 bits per heavy atom. The van der Waals surface area contributed by atoms with Crippen molar-refractivity contribution in [3.8, 4) is 0 Å². The van der Waals surface area contributed by atoms with E-state index < -0.39 is 22.0 Å². The molecule has 0 fully saturated rings. The Morgan fingerprint density at radius 3 is 2.50 bits per heavy atom. The van der Waals surface area contributed by atoms with E-state index in [4.69, 9.17) is 14.6 Å². The van der Waals surface area contributed by atoms with Crippen LogP contribution in [-0.4, -0.2) is 63.0 Å². The Labute approximate surface area is 143 Å². The fourth-order valence-corrected chi connectivity index (χ4v) is 2.87. The van der Waals surface area contributed by atoms with Crippen LogP contribution in [0.5, 0.6) is 0 Å². The first-order valence-electron chi connectivity index (χ1n) is 7.86. The maximum atomic E-state index is 11.5. The standard InChI is InChI=1S/C17H26O6S/c1-2-24(20,21)13-8-16(19)17(23-12-11-22-10-9-18)14-15-6-4-3-5-7-15/h2-7,16-19H,1,8-14H2. The number of aliphatic hydroxyl groups is 2. The van der Waals surface area contributed by atoms with Gasteiger partial charge in [-0.25, -0.2) is 8.42 Å². The molecule has 2 unspecified atom stereocenters. The molecule has 2 N–H and O–H groups in total. The molecule has 0 radical (unpaired) electrons. The Balaban J connectivity index is 2.59. The van der Waals surface area contributed by atoms with E-state index in [9.17, 15) is 13.5 Å². The van der Waals surface area contributed by atoms with E-state index in [2.05, 4.69) is 6.58 Å². The summed E-state index contributed by atoms with van der Waals surface area (Å²) in [5.41, 5.74) is 0.990. The lowest BCUT2D eigenvalue weighted by Crippen LogP contribution is -2.33. The van der Waals surface area contributed by atoms with Crippen LogP contribution in [0.4, 0.5) is 0 Å². The van der Waals surface area contributed by atoms with Gasteiger partial charge < -0.3 is 19.7 Å². The van der Waals surface area contributed by atoms with E-state index in [1.54, 1.807) is 0 Å².